The van der Waals surface area contributed by atoms with E-state index in [1.807, 2.05) is 42.6 Å². The normalized spacial score (nSPS) is 12.5. The molecule has 2 aromatic rings. The van der Waals surface area contributed by atoms with Crippen LogP contribution in [0.1, 0.15) is 50.7 Å². The molecule has 0 saturated carbocycles. The second-order valence-corrected chi connectivity index (χ2v) is 7.33. The first-order valence-corrected chi connectivity index (χ1v) is 10.0. The maximum absolute atomic E-state index is 6.02. The van der Waals surface area contributed by atoms with Gasteiger partial charge in [0.15, 0.2) is 0 Å². The fourth-order valence-corrected chi connectivity index (χ4v) is 2.99. The first-order chi connectivity index (χ1) is 12.6. The van der Waals surface area contributed by atoms with Gasteiger partial charge in [-0.2, -0.15) is 0 Å². The van der Waals surface area contributed by atoms with Gasteiger partial charge in [0.1, 0.15) is 12.4 Å². The second-order valence-electron chi connectivity index (χ2n) is 6.52. The lowest BCUT2D eigenvalue weighted by Gasteiger charge is -2.10. The molecule has 2 nitrogen and oxygen atoms in total. The maximum Gasteiger partial charge on any atom is 0.119 e. The summed E-state index contributed by atoms with van der Waals surface area (Å²) in [6.45, 7) is 5.85. The number of ether oxygens (including phenoxy) is 1. The Morgan fingerprint density at radius 2 is 1.81 bits per heavy atom. The van der Waals surface area contributed by atoms with Gasteiger partial charge in [0.05, 0.1) is 10.0 Å². The van der Waals surface area contributed by atoms with Gasteiger partial charge in [0, 0.05) is 12.8 Å². The highest BCUT2D eigenvalue weighted by Crippen LogP contribution is 2.23. The summed E-state index contributed by atoms with van der Waals surface area (Å²) < 4.78 is 5.80. The lowest BCUT2D eigenvalue weighted by molar-refractivity contribution is 0.306. The third kappa shape index (κ3) is 7.01. The first-order valence-electron chi connectivity index (χ1n) is 9.29. The van der Waals surface area contributed by atoms with E-state index in [2.05, 4.69) is 18.8 Å². The molecule has 26 heavy (non-hydrogen) atoms. The molecule has 0 saturated heterocycles. The van der Waals surface area contributed by atoms with Gasteiger partial charge in [-0.15, -0.1) is 0 Å². The molecule has 2 aromatic carbocycles. The Hall–Kier alpha value is -1.51. The van der Waals surface area contributed by atoms with Crippen molar-refractivity contribution >= 4 is 29.4 Å². The first kappa shape index (κ1) is 20.8. The van der Waals surface area contributed by atoms with E-state index >= 15 is 0 Å². The van der Waals surface area contributed by atoms with Gasteiger partial charge in [-0.05, 0) is 59.9 Å². The van der Waals surface area contributed by atoms with Crippen molar-refractivity contribution in [1.29, 1.82) is 0 Å². The molecule has 0 aromatic heterocycles. The molecule has 0 aliphatic carbocycles. The highest BCUT2D eigenvalue weighted by Gasteiger charge is 2.04. The zero-order valence-electron chi connectivity index (χ0n) is 15.6. The van der Waals surface area contributed by atoms with Crippen LogP contribution in [0.3, 0.4) is 0 Å². The van der Waals surface area contributed by atoms with Crippen molar-refractivity contribution < 1.29 is 4.74 Å². The van der Waals surface area contributed by atoms with Crippen LogP contribution in [-0.2, 0) is 6.61 Å². The van der Waals surface area contributed by atoms with Crippen LogP contribution in [-0.4, -0.2) is 12.8 Å². The summed E-state index contributed by atoms with van der Waals surface area (Å²) >= 11 is 11.9. The lowest BCUT2D eigenvalue weighted by Crippen LogP contribution is -2.03. The minimum atomic E-state index is 0.458. The second kappa shape index (κ2) is 11.3. The number of aliphatic imine (C=N–C) groups is 1. The minimum Gasteiger partial charge on any atom is -0.489 e. The van der Waals surface area contributed by atoms with E-state index in [4.69, 9.17) is 27.9 Å². The Balaban J connectivity index is 1.83. The van der Waals surface area contributed by atoms with Crippen LogP contribution in [0.25, 0.3) is 0 Å². The summed E-state index contributed by atoms with van der Waals surface area (Å²) in [4.78, 5) is 4.61. The van der Waals surface area contributed by atoms with Gasteiger partial charge in [-0.25, -0.2) is 0 Å². The Labute approximate surface area is 167 Å². The standard InChI is InChI=1S/C22H27Cl2NO/c1-3-5-6-17(4-2)14-25-15-18-7-10-20(11-8-18)26-16-19-9-12-21(23)22(24)13-19/h7-13,15,17H,3-6,14,16H2,1-2H3. The molecular formula is C22H27Cl2NO. The van der Waals surface area contributed by atoms with Crippen LogP contribution in [0.5, 0.6) is 5.75 Å². The lowest BCUT2D eigenvalue weighted by atomic mass is 10.00. The smallest absolute Gasteiger partial charge is 0.119 e. The van der Waals surface area contributed by atoms with Gasteiger partial charge in [0.2, 0.25) is 0 Å². The van der Waals surface area contributed by atoms with Crippen LogP contribution >= 0.6 is 23.2 Å². The van der Waals surface area contributed by atoms with Crippen LogP contribution in [0.15, 0.2) is 47.5 Å². The van der Waals surface area contributed by atoms with Crippen LogP contribution in [0.2, 0.25) is 10.0 Å². The summed E-state index contributed by atoms with van der Waals surface area (Å²) in [5, 5.41) is 1.10. The van der Waals surface area contributed by atoms with Gasteiger partial charge in [0.25, 0.3) is 0 Å². The fourth-order valence-electron chi connectivity index (χ4n) is 2.67. The summed E-state index contributed by atoms with van der Waals surface area (Å²) in [7, 11) is 0. The Morgan fingerprint density at radius 3 is 2.46 bits per heavy atom. The van der Waals surface area contributed by atoms with E-state index in [-0.39, 0.29) is 0 Å². The molecule has 0 aliphatic rings. The fraction of sp³-hybridized carbons (Fsp3) is 0.409. The molecule has 0 heterocycles. The molecule has 0 spiro atoms. The average Bonchev–Trinajstić information content (AvgIpc) is 2.66. The summed E-state index contributed by atoms with van der Waals surface area (Å²) in [5.41, 5.74) is 2.08. The summed E-state index contributed by atoms with van der Waals surface area (Å²) in [6, 6.07) is 13.5. The van der Waals surface area contributed by atoms with Gasteiger partial charge in [-0.1, -0.05) is 62.4 Å². The summed E-state index contributed by atoms with van der Waals surface area (Å²) in [6.07, 6.45) is 6.96. The van der Waals surface area contributed by atoms with Crippen molar-refractivity contribution in [2.24, 2.45) is 10.9 Å². The molecule has 0 aliphatic heterocycles. The zero-order chi connectivity index (χ0) is 18.8. The van der Waals surface area contributed by atoms with E-state index in [0.717, 1.165) is 23.4 Å². The number of halogens is 2. The predicted octanol–water partition coefficient (Wildman–Crippen LogP) is 7.21. The van der Waals surface area contributed by atoms with E-state index < -0.39 is 0 Å². The Bertz CT molecular complexity index is 698. The van der Waals surface area contributed by atoms with Gasteiger partial charge >= 0.3 is 0 Å². The topological polar surface area (TPSA) is 21.6 Å². The van der Waals surface area contributed by atoms with Crippen LogP contribution < -0.4 is 4.74 Å². The molecule has 0 amide bonds. The van der Waals surface area contributed by atoms with E-state index in [0.29, 0.717) is 22.6 Å². The largest absolute Gasteiger partial charge is 0.489 e. The molecule has 0 fully saturated rings. The number of hydrogen-bond acceptors (Lipinski definition) is 2. The van der Waals surface area contributed by atoms with Crippen molar-refractivity contribution in [3.05, 3.63) is 63.6 Å². The number of rotatable bonds is 10. The molecule has 0 radical (unpaired) electrons. The van der Waals surface area contributed by atoms with Gasteiger partial charge < -0.3 is 4.74 Å². The van der Waals surface area contributed by atoms with E-state index in [1.165, 1.54) is 25.7 Å². The van der Waals surface area contributed by atoms with Crippen molar-refractivity contribution in [2.75, 3.05) is 6.54 Å². The van der Waals surface area contributed by atoms with Crippen molar-refractivity contribution in [2.45, 2.75) is 46.1 Å². The highest BCUT2D eigenvalue weighted by molar-refractivity contribution is 6.42. The summed E-state index contributed by atoms with van der Waals surface area (Å²) in [5.74, 6) is 1.52. The molecule has 1 unspecified atom stereocenters. The van der Waals surface area contributed by atoms with Crippen LogP contribution in [0, 0.1) is 5.92 Å². The molecule has 0 N–H and O–H groups in total. The predicted molar refractivity (Wildman–Crippen MR) is 113 cm³/mol. The Kier molecular flexibility index (Phi) is 9.00. The highest BCUT2D eigenvalue weighted by atomic mass is 35.5. The molecule has 0 bridgehead atoms. The molecule has 1 atom stereocenters. The van der Waals surface area contributed by atoms with E-state index in [1.54, 1.807) is 6.07 Å². The molecular weight excluding hydrogens is 365 g/mol. The minimum absolute atomic E-state index is 0.458. The maximum atomic E-state index is 6.02. The monoisotopic (exact) mass is 391 g/mol. The Morgan fingerprint density at radius 1 is 1.04 bits per heavy atom. The third-order valence-corrected chi connectivity index (χ3v) is 5.16. The number of hydrogen-bond donors (Lipinski definition) is 0. The number of nitrogens with zero attached hydrogens (tertiary/aromatic N) is 1. The quantitative estimate of drug-likeness (QED) is 0.392. The van der Waals surface area contributed by atoms with Crippen molar-refractivity contribution in [1.82, 2.24) is 0 Å². The number of benzene rings is 2. The third-order valence-electron chi connectivity index (χ3n) is 4.42. The number of unbranched alkanes of at least 4 members (excludes halogenated alkanes) is 1. The van der Waals surface area contributed by atoms with Gasteiger partial charge in [-0.3, -0.25) is 4.99 Å². The average molecular weight is 392 g/mol. The molecule has 4 heteroatoms. The SMILES string of the molecule is CCCCC(CC)CN=Cc1ccc(OCc2ccc(Cl)c(Cl)c2)cc1. The molecule has 140 valence electrons. The molecule has 2 rings (SSSR count). The zero-order valence-corrected chi connectivity index (χ0v) is 17.1. The van der Waals surface area contributed by atoms with Crippen LogP contribution in [0.4, 0.5) is 0 Å². The van der Waals surface area contributed by atoms with Crippen molar-refractivity contribution in [3.63, 3.8) is 0 Å². The van der Waals surface area contributed by atoms with Crippen molar-refractivity contribution in [3.8, 4) is 5.75 Å². The van der Waals surface area contributed by atoms with E-state index in [9.17, 15) is 0 Å².